The molecule has 2 amide bonds. The van der Waals surface area contributed by atoms with Crippen molar-refractivity contribution in [1.29, 1.82) is 0 Å². The largest absolute Gasteiger partial charge is 0.469 e. The monoisotopic (exact) mass is 362 g/mol. The summed E-state index contributed by atoms with van der Waals surface area (Å²) in [5, 5.41) is 3.41. The summed E-state index contributed by atoms with van der Waals surface area (Å²) in [6.45, 7) is 0.773. The van der Waals surface area contributed by atoms with Gasteiger partial charge in [0.1, 0.15) is 6.04 Å². The van der Waals surface area contributed by atoms with Crippen LogP contribution in [0.5, 0.6) is 0 Å². The first-order valence-electron chi connectivity index (χ1n) is 7.99. The van der Waals surface area contributed by atoms with E-state index in [-0.39, 0.29) is 31.0 Å². The van der Waals surface area contributed by atoms with Gasteiger partial charge >= 0.3 is 12.0 Å². The van der Waals surface area contributed by atoms with E-state index in [0.717, 1.165) is 17.0 Å². The maximum atomic E-state index is 12.6. The quantitative estimate of drug-likeness (QED) is 0.817. The number of nitrogens with one attached hydrogen (secondary N) is 2. The SMILES string of the molecule is COC(=O)CCNC(=O)N1CCc2[nH]cnc2[C@H]1c1ccc(Cl)cc1. The molecule has 0 saturated heterocycles. The first kappa shape index (κ1) is 17.3. The number of carbonyl (C=O) groups is 2. The number of hydrogen-bond donors (Lipinski definition) is 2. The maximum Gasteiger partial charge on any atom is 0.318 e. The Balaban J connectivity index is 1.81. The number of halogens is 1. The van der Waals surface area contributed by atoms with Crippen molar-refractivity contribution in [3.05, 3.63) is 52.6 Å². The lowest BCUT2D eigenvalue weighted by atomic mass is 9.96. The fraction of sp³-hybridized carbons (Fsp3) is 0.353. The molecule has 2 heterocycles. The molecule has 1 aliphatic rings. The van der Waals surface area contributed by atoms with E-state index in [1.807, 2.05) is 12.1 Å². The Morgan fingerprint density at radius 1 is 1.40 bits per heavy atom. The number of carbonyl (C=O) groups excluding carboxylic acids is 2. The van der Waals surface area contributed by atoms with E-state index in [0.29, 0.717) is 18.0 Å². The zero-order valence-corrected chi connectivity index (χ0v) is 14.5. The lowest BCUT2D eigenvalue weighted by molar-refractivity contribution is -0.140. The molecule has 0 saturated carbocycles. The van der Waals surface area contributed by atoms with Crippen LogP contribution in [0.3, 0.4) is 0 Å². The van der Waals surface area contributed by atoms with Gasteiger partial charge < -0.3 is 19.9 Å². The van der Waals surface area contributed by atoms with E-state index in [1.165, 1.54) is 7.11 Å². The average Bonchev–Trinajstić information content (AvgIpc) is 3.10. The number of H-pyrrole nitrogens is 1. The first-order chi connectivity index (χ1) is 12.1. The summed E-state index contributed by atoms with van der Waals surface area (Å²) in [6.07, 6.45) is 2.48. The number of ether oxygens (including phenoxy) is 1. The summed E-state index contributed by atoms with van der Waals surface area (Å²) in [5.41, 5.74) is 2.79. The van der Waals surface area contributed by atoms with Gasteiger partial charge in [-0.3, -0.25) is 4.79 Å². The van der Waals surface area contributed by atoms with E-state index in [9.17, 15) is 9.59 Å². The number of imidazole rings is 1. The van der Waals surface area contributed by atoms with E-state index in [4.69, 9.17) is 11.6 Å². The molecule has 8 heteroatoms. The van der Waals surface area contributed by atoms with Gasteiger partial charge in [-0.25, -0.2) is 9.78 Å². The highest BCUT2D eigenvalue weighted by Crippen LogP contribution is 2.33. The van der Waals surface area contributed by atoms with Crippen molar-refractivity contribution in [2.24, 2.45) is 0 Å². The number of aromatic amines is 1. The molecule has 3 rings (SSSR count). The maximum absolute atomic E-state index is 12.6. The van der Waals surface area contributed by atoms with Crippen LogP contribution >= 0.6 is 11.6 Å². The van der Waals surface area contributed by atoms with Gasteiger partial charge in [-0.05, 0) is 17.7 Å². The zero-order valence-electron chi connectivity index (χ0n) is 13.8. The second-order valence-corrected chi connectivity index (χ2v) is 6.16. The van der Waals surface area contributed by atoms with Gasteiger partial charge in [0.25, 0.3) is 0 Å². The number of aromatic nitrogens is 2. The summed E-state index contributed by atoms with van der Waals surface area (Å²) in [5.74, 6) is -0.359. The Bertz CT molecular complexity index is 760. The highest BCUT2D eigenvalue weighted by atomic mass is 35.5. The molecule has 1 aliphatic heterocycles. The van der Waals surface area contributed by atoms with Crippen molar-refractivity contribution in [3.8, 4) is 0 Å². The van der Waals surface area contributed by atoms with Crippen molar-refractivity contribution >= 4 is 23.6 Å². The number of urea groups is 1. The molecule has 25 heavy (non-hydrogen) atoms. The fourth-order valence-electron chi connectivity index (χ4n) is 2.95. The molecule has 2 aromatic rings. The van der Waals surface area contributed by atoms with Crippen molar-refractivity contribution in [1.82, 2.24) is 20.2 Å². The number of benzene rings is 1. The number of nitrogens with zero attached hydrogens (tertiary/aromatic N) is 2. The summed E-state index contributed by atoms with van der Waals surface area (Å²) >= 11 is 5.98. The Morgan fingerprint density at radius 2 is 2.16 bits per heavy atom. The normalized spacial score (nSPS) is 16.2. The Kier molecular flexibility index (Phi) is 5.23. The van der Waals surface area contributed by atoms with Crippen molar-refractivity contribution in [2.75, 3.05) is 20.2 Å². The minimum Gasteiger partial charge on any atom is -0.469 e. The van der Waals surface area contributed by atoms with E-state index in [1.54, 1.807) is 23.4 Å². The second-order valence-electron chi connectivity index (χ2n) is 5.72. The topological polar surface area (TPSA) is 87.3 Å². The first-order valence-corrected chi connectivity index (χ1v) is 8.37. The van der Waals surface area contributed by atoms with Crippen LogP contribution in [0.25, 0.3) is 0 Å². The van der Waals surface area contributed by atoms with E-state index in [2.05, 4.69) is 20.0 Å². The number of fused-ring (bicyclic) bond motifs is 1. The van der Waals surface area contributed by atoms with Crippen LogP contribution in [0, 0.1) is 0 Å². The summed E-state index contributed by atoms with van der Waals surface area (Å²) < 4.78 is 4.58. The van der Waals surface area contributed by atoms with Crippen LogP contribution in [-0.4, -0.2) is 47.1 Å². The molecule has 0 fully saturated rings. The summed E-state index contributed by atoms with van der Waals surface area (Å²) in [7, 11) is 1.32. The van der Waals surface area contributed by atoms with Crippen molar-refractivity contribution < 1.29 is 14.3 Å². The average molecular weight is 363 g/mol. The van der Waals surface area contributed by atoms with E-state index >= 15 is 0 Å². The Labute approximate surface area is 150 Å². The smallest absolute Gasteiger partial charge is 0.318 e. The van der Waals surface area contributed by atoms with Crippen LogP contribution in [0.4, 0.5) is 4.79 Å². The highest BCUT2D eigenvalue weighted by molar-refractivity contribution is 6.30. The predicted octanol–water partition coefficient (Wildman–Crippen LogP) is 2.28. The van der Waals surface area contributed by atoms with Gasteiger partial charge in [0.05, 0.1) is 25.6 Å². The molecule has 0 spiro atoms. The van der Waals surface area contributed by atoms with Crippen molar-refractivity contribution in [2.45, 2.75) is 18.9 Å². The van der Waals surface area contributed by atoms with Crippen LogP contribution in [0.2, 0.25) is 5.02 Å². The lowest BCUT2D eigenvalue weighted by Gasteiger charge is -2.35. The molecule has 0 bridgehead atoms. The molecule has 1 atom stereocenters. The standard InChI is InChI=1S/C17H19ClN4O3/c1-25-14(23)6-8-19-17(24)22-9-7-13-15(21-10-20-13)16(22)11-2-4-12(18)5-3-11/h2-5,10,16H,6-9H2,1H3,(H,19,24)(H,20,21)/t16-/m1/s1. The zero-order chi connectivity index (χ0) is 17.8. The molecule has 0 aliphatic carbocycles. The van der Waals surface area contributed by atoms with Crippen LogP contribution in [0.1, 0.15) is 29.4 Å². The number of methoxy groups -OCH3 is 1. The van der Waals surface area contributed by atoms with Gasteiger partial charge in [-0.2, -0.15) is 0 Å². The lowest BCUT2D eigenvalue weighted by Crippen LogP contribution is -2.46. The van der Waals surface area contributed by atoms with Crippen LogP contribution in [-0.2, 0) is 16.0 Å². The third-order valence-electron chi connectivity index (χ3n) is 4.20. The minimum atomic E-state index is -0.359. The van der Waals surface area contributed by atoms with Gasteiger partial charge in [0, 0.05) is 30.2 Å². The fourth-order valence-corrected chi connectivity index (χ4v) is 3.08. The molecule has 1 aromatic heterocycles. The molecule has 7 nitrogen and oxygen atoms in total. The van der Waals surface area contributed by atoms with E-state index < -0.39 is 0 Å². The summed E-state index contributed by atoms with van der Waals surface area (Å²) in [6, 6.07) is 6.84. The molecule has 0 unspecified atom stereocenters. The predicted molar refractivity (Wildman–Crippen MR) is 92.3 cm³/mol. The number of esters is 1. The van der Waals surface area contributed by atoms with Crippen molar-refractivity contribution in [3.63, 3.8) is 0 Å². The third-order valence-corrected chi connectivity index (χ3v) is 4.46. The minimum absolute atomic E-state index is 0.134. The molecule has 1 aromatic carbocycles. The highest BCUT2D eigenvalue weighted by Gasteiger charge is 2.33. The molecular formula is C17H19ClN4O3. The van der Waals surface area contributed by atoms with Gasteiger partial charge in [0.15, 0.2) is 0 Å². The molecule has 132 valence electrons. The van der Waals surface area contributed by atoms with Crippen LogP contribution in [0.15, 0.2) is 30.6 Å². The number of rotatable bonds is 4. The second kappa shape index (κ2) is 7.57. The molecule has 0 radical (unpaired) electrons. The Hall–Kier alpha value is -2.54. The summed E-state index contributed by atoms with van der Waals surface area (Å²) in [4.78, 5) is 33.1. The van der Waals surface area contributed by atoms with Gasteiger partial charge in [-0.1, -0.05) is 23.7 Å². The van der Waals surface area contributed by atoms with Gasteiger partial charge in [-0.15, -0.1) is 0 Å². The van der Waals surface area contributed by atoms with Crippen LogP contribution < -0.4 is 5.32 Å². The Morgan fingerprint density at radius 3 is 2.88 bits per heavy atom. The number of amides is 2. The third kappa shape index (κ3) is 3.76. The van der Waals surface area contributed by atoms with Gasteiger partial charge in [0.2, 0.25) is 0 Å². The number of hydrogen-bond acceptors (Lipinski definition) is 4. The molecule has 2 N–H and O–H groups in total. The molecular weight excluding hydrogens is 344 g/mol.